The Morgan fingerprint density at radius 1 is 1.07 bits per heavy atom. The first-order chi connectivity index (χ1) is 14.2. The molecule has 0 unspecified atom stereocenters. The lowest BCUT2D eigenvalue weighted by Gasteiger charge is -2.10. The number of ether oxygens (including phenoxy) is 2. The van der Waals surface area contributed by atoms with Gasteiger partial charge in [0.05, 0.1) is 13.7 Å². The van der Waals surface area contributed by atoms with Crippen molar-refractivity contribution in [2.75, 3.05) is 25.6 Å². The third-order valence-corrected chi connectivity index (χ3v) is 4.16. The predicted octanol–water partition coefficient (Wildman–Crippen LogP) is 3.65. The monoisotopic (exact) mass is 395 g/mol. The average molecular weight is 395 g/mol. The van der Waals surface area contributed by atoms with Gasteiger partial charge >= 0.3 is 0 Å². The third kappa shape index (κ3) is 5.93. The zero-order valence-corrected chi connectivity index (χ0v) is 16.0. The number of methoxy groups -OCH3 is 1. The average Bonchev–Trinajstić information content (AvgIpc) is 2.76. The van der Waals surface area contributed by atoms with Crippen LogP contribution in [0.1, 0.15) is 15.9 Å². The minimum Gasteiger partial charge on any atom is -0.497 e. The molecule has 0 spiro atoms. The largest absolute Gasteiger partial charge is 0.497 e. The molecule has 2 aromatic carbocycles. The van der Waals surface area contributed by atoms with Crippen molar-refractivity contribution in [3.05, 3.63) is 83.8 Å². The highest BCUT2D eigenvalue weighted by atomic mass is 19.1. The Bertz CT molecular complexity index is 948. The minimum atomic E-state index is -0.286. The van der Waals surface area contributed by atoms with Crippen LogP contribution in [0, 0.1) is 5.82 Å². The van der Waals surface area contributed by atoms with Crippen molar-refractivity contribution in [3.8, 4) is 11.5 Å². The molecule has 150 valence electrons. The Labute approximate surface area is 168 Å². The van der Waals surface area contributed by atoms with Gasteiger partial charge in [0.15, 0.2) is 0 Å². The van der Waals surface area contributed by atoms with Crippen LogP contribution in [-0.2, 0) is 6.54 Å². The highest BCUT2D eigenvalue weighted by Crippen LogP contribution is 2.16. The molecule has 0 saturated carbocycles. The number of hydrogen-bond donors (Lipinski definition) is 2. The number of hydrogen-bond acceptors (Lipinski definition) is 5. The van der Waals surface area contributed by atoms with Gasteiger partial charge in [0.1, 0.15) is 29.7 Å². The van der Waals surface area contributed by atoms with E-state index in [0.717, 1.165) is 5.75 Å². The van der Waals surface area contributed by atoms with Gasteiger partial charge in [-0.25, -0.2) is 9.37 Å². The molecule has 0 aliphatic carbocycles. The minimum absolute atomic E-state index is 0.236. The van der Waals surface area contributed by atoms with Gasteiger partial charge in [-0.05, 0) is 42.5 Å². The SMILES string of the molecule is COc1ccc(OCCNC(=O)c2ccnc(NCc3ccccc3F)c2)cc1. The van der Waals surface area contributed by atoms with Gasteiger partial charge in [-0.3, -0.25) is 4.79 Å². The second-order valence-electron chi connectivity index (χ2n) is 6.15. The van der Waals surface area contributed by atoms with Crippen molar-refractivity contribution in [2.24, 2.45) is 0 Å². The van der Waals surface area contributed by atoms with Gasteiger partial charge in [-0.2, -0.15) is 0 Å². The molecule has 1 aromatic heterocycles. The molecule has 2 N–H and O–H groups in total. The summed E-state index contributed by atoms with van der Waals surface area (Å²) in [6, 6.07) is 17.0. The molecule has 0 atom stereocenters. The molecule has 0 bridgehead atoms. The summed E-state index contributed by atoms with van der Waals surface area (Å²) >= 11 is 0. The van der Waals surface area contributed by atoms with Crippen LogP contribution in [0.2, 0.25) is 0 Å². The fraction of sp³-hybridized carbons (Fsp3) is 0.182. The van der Waals surface area contributed by atoms with Gasteiger partial charge in [-0.15, -0.1) is 0 Å². The van der Waals surface area contributed by atoms with Crippen LogP contribution in [-0.4, -0.2) is 31.2 Å². The maximum Gasteiger partial charge on any atom is 0.251 e. The molecule has 3 aromatic rings. The lowest BCUT2D eigenvalue weighted by atomic mass is 10.2. The Kier molecular flexibility index (Phi) is 7.00. The number of aromatic nitrogens is 1. The van der Waals surface area contributed by atoms with E-state index in [4.69, 9.17) is 9.47 Å². The summed E-state index contributed by atoms with van der Waals surface area (Å²) in [7, 11) is 1.60. The second kappa shape index (κ2) is 10.1. The van der Waals surface area contributed by atoms with Crippen LogP contribution < -0.4 is 20.1 Å². The highest BCUT2D eigenvalue weighted by Gasteiger charge is 2.07. The molecular weight excluding hydrogens is 373 g/mol. The van der Waals surface area contributed by atoms with Gasteiger partial charge in [0, 0.05) is 23.9 Å². The van der Waals surface area contributed by atoms with Gasteiger partial charge in [0.25, 0.3) is 5.91 Å². The summed E-state index contributed by atoms with van der Waals surface area (Å²) in [5, 5.41) is 5.83. The number of anilines is 1. The Balaban J connectivity index is 1.46. The van der Waals surface area contributed by atoms with Gasteiger partial charge < -0.3 is 20.1 Å². The van der Waals surface area contributed by atoms with Crippen LogP contribution in [0.25, 0.3) is 0 Å². The number of nitrogens with one attached hydrogen (secondary N) is 2. The van der Waals surface area contributed by atoms with Crippen molar-refractivity contribution in [2.45, 2.75) is 6.54 Å². The van der Waals surface area contributed by atoms with Crippen molar-refractivity contribution in [1.82, 2.24) is 10.3 Å². The first kappa shape index (κ1) is 20.1. The summed E-state index contributed by atoms with van der Waals surface area (Å²) < 4.78 is 24.4. The standard InChI is InChI=1S/C22H22FN3O3/c1-28-18-6-8-19(9-7-18)29-13-12-25-22(27)16-10-11-24-21(14-16)26-15-17-4-2-3-5-20(17)23/h2-11,14H,12-13,15H2,1H3,(H,24,26)(H,25,27). The molecule has 0 fully saturated rings. The number of nitrogens with zero attached hydrogens (tertiary/aromatic N) is 1. The predicted molar refractivity (Wildman–Crippen MR) is 109 cm³/mol. The Morgan fingerprint density at radius 2 is 1.83 bits per heavy atom. The maximum atomic E-state index is 13.7. The van der Waals surface area contributed by atoms with E-state index in [0.29, 0.717) is 35.8 Å². The fourth-order valence-corrected chi connectivity index (χ4v) is 2.60. The maximum absolute atomic E-state index is 13.7. The molecule has 0 aliphatic rings. The molecule has 0 radical (unpaired) electrons. The molecule has 0 aliphatic heterocycles. The topological polar surface area (TPSA) is 72.5 Å². The van der Waals surface area contributed by atoms with Gasteiger partial charge in [-0.1, -0.05) is 18.2 Å². The fourth-order valence-electron chi connectivity index (χ4n) is 2.60. The summed E-state index contributed by atoms with van der Waals surface area (Å²) in [6.07, 6.45) is 1.53. The quantitative estimate of drug-likeness (QED) is 0.541. The van der Waals surface area contributed by atoms with E-state index < -0.39 is 0 Å². The van der Waals surface area contributed by atoms with E-state index in [2.05, 4.69) is 15.6 Å². The van der Waals surface area contributed by atoms with E-state index in [1.165, 1.54) is 12.3 Å². The van der Waals surface area contributed by atoms with Crippen molar-refractivity contribution >= 4 is 11.7 Å². The highest BCUT2D eigenvalue weighted by molar-refractivity contribution is 5.94. The summed E-state index contributed by atoms with van der Waals surface area (Å²) in [4.78, 5) is 16.5. The number of rotatable bonds is 9. The Morgan fingerprint density at radius 3 is 2.59 bits per heavy atom. The van der Waals surface area contributed by atoms with Crippen LogP contribution in [0.5, 0.6) is 11.5 Å². The molecule has 0 saturated heterocycles. The van der Waals surface area contributed by atoms with E-state index in [9.17, 15) is 9.18 Å². The normalized spacial score (nSPS) is 10.3. The Hall–Kier alpha value is -3.61. The van der Waals surface area contributed by atoms with E-state index >= 15 is 0 Å². The van der Waals surface area contributed by atoms with Crippen molar-refractivity contribution in [1.29, 1.82) is 0 Å². The van der Waals surface area contributed by atoms with E-state index in [1.54, 1.807) is 61.7 Å². The number of amides is 1. The van der Waals surface area contributed by atoms with Crippen LogP contribution in [0.3, 0.4) is 0 Å². The smallest absolute Gasteiger partial charge is 0.251 e. The zero-order valence-electron chi connectivity index (χ0n) is 16.0. The number of carbonyl (C=O) groups is 1. The van der Waals surface area contributed by atoms with Crippen LogP contribution in [0.15, 0.2) is 66.9 Å². The summed E-state index contributed by atoms with van der Waals surface area (Å²) in [5.41, 5.74) is 0.986. The number of pyridine rings is 1. The van der Waals surface area contributed by atoms with E-state index in [1.807, 2.05) is 0 Å². The number of benzene rings is 2. The molecule has 29 heavy (non-hydrogen) atoms. The number of carbonyl (C=O) groups excluding carboxylic acids is 1. The summed E-state index contributed by atoms with van der Waals surface area (Å²) in [6.45, 7) is 0.965. The van der Waals surface area contributed by atoms with Crippen molar-refractivity contribution < 1.29 is 18.7 Å². The van der Waals surface area contributed by atoms with E-state index in [-0.39, 0.29) is 18.3 Å². The van der Waals surface area contributed by atoms with Crippen LogP contribution >= 0.6 is 0 Å². The third-order valence-electron chi connectivity index (χ3n) is 4.16. The number of halogens is 1. The molecule has 7 heteroatoms. The lowest BCUT2D eigenvalue weighted by Crippen LogP contribution is -2.28. The first-order valence-corrected chi connectivity index (χ1v) is 9.14. The molecule has 1 heterocycles. The second-order valence-corrected chi connectivity index (χ2v) is 6.15. The first-order valence-electron chi connectivity index (χ1n) is 9.14. The molecular formula is C22H22FN3O3. The zero-order chi connectivity index (χ0) is 20.5. The van der Waals surface area contributed by atoms with Crippen molar-refractivity contribution in [3.63, 3.8) is 0 Å². The van der Waals surface area contributed by atoms with Crippen LogP contribution in [0.4, 0.5) is 10.2 Å². The summed E-state index contributed by atoms with van der Waals surface area (Å²) in [5.74, 6) is 1.42. The molecule has 6 nitrogen and oxygen atoms in total. The molecule has 1 amide bonds. The van der Waals surface area contributed by atoms with Gasteiger partial charge in [0.2, 0.25) is 0 Å². The lowest BCUT2D eigenvalue weighted by molar-refractivity contribution is 0.0947. The molecule has 3 rings (SSSR count).